The summed E-state index contributed by atoms with van der Waals surface area (Å²) in [6, 6.07) is 12.5. The smallest absolute Gasteiger partial charge is 0.269 e. The molecule has 0 aliphatic carbocycles. The molecule has 7 heteroatoms. The standard InChI is InChI=1S/C18H19ClN2O3S/c1-13-3-5-14(6-4-13)11-25-12-18(22)20(2)10-15-9-16(21(23)24)7-8-17(15)19/h3-9H,10-12H2,1-2H3. The van der Waals surface area contributed by atoms with E-state index in [0.29, 0.717) is 16.3 Å². The summed E-state index contributed by atoms with van der Waals surface area (Å²) in [7, 11) is 1.67. The molecule has 0 aliphatic rings. The van der Waals surface area contributed by atoms with E-state index < -0.39 is 4.92 Å². The Morgan fingerprint density at radius 1 is 1.24 bits per heavy atom. The molecule has 0 atom stereocenters. The highest BCUT2D eigenvalue weighted by atomic mass is 35.5. The van der Waals surface area contributed by atoms with Crippen LogP contribution in [0.2, 0.25) is 5.02 Å². The zero-order valence-corrected chi connectivity index (χ0v) is 15.6. The first-order valence-corrected chi connectivity index (χ1v) is 9.20. The Balaban J connectivity index is 1.88. The highest BCUT2D eigenvalue weighted by Crippen LogP contribution is 2.23. The van der Waals surface area contributed by atoms with Crippen molar-refractivity contribution in [2.24, 2.45) is 0 Å². The number of amides is 1. The van der Waals surface area contributed by atoms with Gasteiger partial charge in [0, 0.05) is 36.5 Å². The first-order chi connectivity index (χ1) is 11.9. The van der Waals surface area contributed by atoms with Crippen LogP contribution in [0.4, 0.5) is 5.69 Å². The van der Waals surface area contributed by atoms with Crippen molar-refractivity contribution in [1.82, 2.24) is 4.90 Å². The molecule has 0 radical (unpaired) electrons. The third-order valence-electron chi connectivity index (χ3n) is 3.69. The molecule has 5 nitrogen and oxygen atoms in total. The van der Waals surface area contributed by atoms with Gasteiger partial charge < -0.3 is 4.90 Å². The van der Waals surface area contributed by atoms with Gasteiger partial charge in [0.25, 0.3) is 5.69 Å². The van der Waals surface area contributed by atoms with Gasteiger partial charge in [-0.05, 0) is 24.1 Å². The SMILES string of the molecule is Cc1ccc(CSCC(=O)N(C)Cc2cc([N+](=O)[O-])ccc2Cl)cc1. The fourth-order valence-electron chi connectivity index (χ4n) is 2.19. The molecule has 0 aliphatic heterocycles. The summed E-state index contributed by atoms with van der Waals surface area (Å²) in [5.74, 6) is 1.06. The Morgan fingerprint density at radius 3 is 2.56 bits per heavy atom. The van der Waals surface area contributed by atoms with Crippen LogP contribution >= 0.6 is 23.4 Å². The highest BCUT2D eigenvalue weighted by Gasteiger charge is 2.14. The normalized spacial score (nSPS) is 10.5. The van der Waals surface area contributed by atoms with Crippen LogP contribution in [0.25, 0.3) is 0 Å². The van der Waals surface area contributed by atoms with Crippen molar-refractivity contribution in [2.45, 2.75) is 19.2 Å². The minimum Gasteiger partial charge on any atom is -0.341 e. The van der Waals surface area contributed by atoms with E-state index in [-0.39, 0.29) is 18.1 Å². The minimum atomic E-state index is -0.473. The van der Waals surface area contributed by atoms with Crippen LogP contribution < -0.4 is 0 Å². The Labute approximate surface area is 156 Å². The second-order valence-electron chi connectivity index (χ2n) is 5.76. The van der Waals surface area contributed by atoms with Gasteiger partial charge in [-0.3, -0.25) is 14.9 Å². The van der Waals surface area contributed by atoms with Crippen molar-refractivity contribution in [3.05, 3.63) is 74.3 Å². The molecule has 2 rings (SSSR count). The number of aryl methyl sites for hydroxylation is 1. The van der Waals surface area contributed by atoms with Gasteiger partial charge in [0.1, 0.15) is 0 Å². The average molecular weight is 379 g/mol. The van der Waals surface area contributed by atoms with Crippen molar-refractivity contribution in [2.75, 3.05) is 12.8 Å². The number of carbonyl (C=O) groups is 1. The number of nitro benzene ring substituents is 1. The van der Waals surface area contributed by atoms with Crippen LogP contribution in [0.3, 0.4) is 0 Å². The number of nitro groups is 1. The van der Waals surface area contributed by atoms with Crippen molar-refractivity contribution >= 4 is 35.0 Å². The quantitative estimate of drug-likeness (QED) is 0.527. The first-order valence-electron chi connectivity index (χ1n) is 7.67. The molecule has 0 unspecified atom stereocenters. The lowest BCUT2D eigenvalue weighted by Gasteiger charge is -2.18. The highest BCUT2D eigenvalue weighted by molar-refractivity contribution is 7.99. The predicted octanol–water partition coefficient (Wildman–Crippen LogP) is 4.45. The molecule has 0 bridgehead atoms. The molecule has 1 amide bonds. The lowest BCUT2D eigenvalue weighted by atomic mass is 10.2. The van der Waals surface area contributed by atoms with Crippen molar-refractivity contribution in [3.8, 4) is 0 Å². The number of halogens is 1. The second kappa shape index (κ2) is 8.87. The fourth-order valence-corrected chi connectivity index (χ4v) is 3.29. The van der Waals surface area contributed by atoms with Crippen LogP contribution in [0.15, 0.2) is 42.5 Å². The van der Waals surface area contributed by atoms with Gasteiger partial charge in [-0.25, -0.2) is 0 Å². The van der Waals surface area contributed by atoms with Crippen molar-refractivity contribution in [1.29, 1.82) is 0 Å². The molecule has 0 N–H and O–H groups in total. The minimum absolute atomic E-state index is 0.0333. The van der Waals surface area contributed by atoms with Gasteiger partial charge in [0.2, 0.25) is 5.91 Å². The molecule has 2 aromatic carbocycles. The molecule has 25 heavy (non-hydrogen) atoms. The molecule has 0 saturated carbocycles. The number of non-ortho nitro benzene ring substituents is 1. The van der Waals surface area contributed by atoms with Crippen molar-refractivity contribution < 1.29 is 9.72 Å². The molecule has 0 spiro atoms. The largest absolute Gasteiger partial charge is 0.341 e. The molecular weight excluding hydrogens is 360 g/mol. The van der Waals surface area contributed by atoms with Crippen LogP contribution in [-0.4, -0.2) is 28.5 Å². The van der Waals surface area contributed by atoms with E-state index >= 15 is 0 Å². The van der Waals surface area contributed by atoms with E-state index in [4.69, 9.17) is 11.6 Å². The molecule has 0 heterocycles. The number of carbonyl (C=O) groups excluding carboxylic acids is 1. The maximum atomic E-state index is 12.2. The summed E-state index contributed by atoms with van der Waals surface area (Å²) in [6.45, 7) is 2.28. The van der Waals surface area contributed by atoms with Gasteiger partial charge >= 0.3 is 0 Å². The molecule has 0 aromatic heterocycles. The molecule has 0 saturated heterocycles. The van der Waals surface area contributed by atoms with Crippen LogP contribution in [0.1, 0.15) is 16.7 Å². The Morgan fingerprint density at radius 2 is 1.92 bits per heavy atom. The van der Waals surface area contributed by atoms with Crippen LogP contribution in [-0.2, 0) is 17.1 Å². The summed E-state index contributed by atoms with van der Waals surface area (Å²) in [4.78, 5) is 24.2. The van der Waals surface area contributed by atoms with E-state index in [2.05, 4.69) is 12.1 Å². The zero-order chi connectivity index (χ0) is 18.4. The summed E-state index contributed by atoms with van der Waals surface area (Å²) >= 11 is 7.62. The van der Waals surface area contributed by atoms with Gasteiger partial charge in [0.15, 0.2) is 0 Å². The van der Waals surface area contributed by atoms with Gasteiger partial charge in [-0.15, -0.1) is 11.8 Å². The maximum Gasteiger partial charge on any atom is 0.269 e. The number of nitrogens with zero attached hydrogens (tertiary/aromatic N) is 2. The summed E-state index contributed by atoms with van der Waals surface area (Å²) < 4.78 is 0. The monoisotopic (exact) mass is 378 g/mol. The molecular formula is C18H19ClN2O3S. The number of thioether (sulfide) groups is 1. The van der Waals surface area contributed by atoms with Gasteiger partial charge in [-0.1, -0.05) is 41.4 Å². The number of benzene rings is 2. The Hall–Kier alpha value is -2.05. The third kappa shape index (κ3) is 5.76. The summed E-state index contributed by atoms with van der Waals surface area (Å²) in [5, 5.41) is 11.3. The van der Waals surface area contributed by atoms with E-state index in [0.717, 1.165) is 5.75 Å². The number of rotatable bonds is 7. The number of hydrogen-bond donors (Lipinski definition) is 0. The second-order valence-corrected chi connectivity index (χ2v) is 7.15. The maximum absolute atomic E-state index is 12.2. The van der Waals surface area contributed by atoms with Crippen LogP contribution in [0.5, 0.6) is 0 Å². The van der Waals surface area contributed by atoms with E-state index in [9.17, 15) is 14.9 Å². The fraction of sp³-hybridized carbons (Fsp3) is 0.278. The van der Waals surface area contributed by atoms with Gasteiger partial charge in [0.05, 0.1) is 10.7 Å². The first kappa shape index (κ1) is 19.3. The molecule has 2 aromatic rings. The van der Waals surface area contributed by atoms with Crippen molar-refractivity contribution in [3.63, 3.8) is 0 Å². The average Bonchev–Trinajstić information content (AvgIpc) is 2.58. The topological polar surface area (TPSA) is 63.5 Å². The number of hydrogen-bond acceptors (Lipinski definition) is 4. The summed E-state index contributed by atoms with van der Waals surface area (Å²) in [5.41, 5.74) is 2.91. The lowest BCUT2D eigenvalue weighted by Crippen LogP contribution is -2.28. The van der Waals surface area contributed by atoms with Gasteiger partial charge in [-0.2, -0.15) is 0 Å². The Bertz CT molecular complexity index is 765. The third-order valence-corrected chi connectivity index (χ3v) is 5.05. The zero-order valence-electron chi connectivity index (χ0n) is 14.1. The summed E-state index contributed by atoms with van der Waals surface area (Å²) in [6.07, 6.45) is 0. The molecule has 0 fully saturated rings. The Kier molecular flexibility index (Phi) is 6.84. The molecule has 132 valence electrons. The lowest BCUT2D eigenvalue weighted by molar-refractivity contribution is -0.384. The van der Waals surface area contributed by atoms with E-state index in [1.165, 1.54) is 46.0 Å². The van der Waals surface area contributed by atoms with E-state index in [1.807, 2.05) is 19.1 Å². The van der Waals surface area contributed by atoms with E-state index in [1.54, 1.807) is 7.05 Å². The predicted molar refractivity (Wildman–Crippen MR) is 102 cm³/mol. The van der Waals surface area contributed by atoms with Crippen LogP contribution in [0, 0.1) is 17.0 Å².